The minimum Gasteiger partial charge on any atom is -0.348 e. The molecule has 108 valence electrons. The van der Waals surface area contributed by atoms with E-state index in [0.717, 1.165) is 11.5 Å². The second kappa shape index (κ2) is 4.96. The molecule has 4 rings (SSSR count). The van der Waals surface area contributed by atoms with Gasteiger partial charge in [0, 0.05) is 6.20 Å². The monoisotopic (exact) mass is 292 g/mol. The molecule has 0 aliphatic heterocycles. The van der Waals surface area contributed by atoms with Crippen LogP contribution in [0.3, 0.4) is 0 Å². The van der Waals surface area contributed by atoms with Crippen molar-refractivity contribution in [3.8, 4) is 0 Å². The zero-order chi connectivity index (χ0) is 14.9. The predicted octanol–water partition coefficient (Wildman–Crippen LogP) is 1.58. The van der Waals surface area contributed by atoms with E-state index in [9.17, 15) is 4.79 Å². The van der Waals surface area contributed by atoms with Gasteiger partial charge in [-0.2, -0.15) is 0 Å². The number of rotatable bonds is 3. The fraction of sp³-hybridized carbons (Fsp3) is 0.0667. The average molecular weight is 292 g/mol. The molecule has 1 aromatic carbocycles. The summed E-state index contributed by atoms with van der Waals surface area (Å²) in [5, 5.41) is 11.9. The molecule has 2 N–H and O–H groups in total. The lowest BCUT2D eigenvalue weighted by atomic mass is 10.2. The Morgan fingerprint density at radius 1 is 1.09 bits per heavy atom. The van der Waals surface area contributed by atoms with Crippen LogP contribution in [0.5, 0.6) is 0 Å². The molecule has 22 heavy (non-hydrogen) atoms. The molecule has 0 aliphatic carbocycles. The minimum atomic E-state index is -0.167. The Hall–Kier alpha value is -3.22. The van der Waals surface area contributed by atoms with Gasteiger partial charge in [-0.3, -0.25) is 14.2 Å². The van der Waals surface area contributed by atoms with Crippen molar-refractivity contribution in [1.82, 2.24) is 24.6 Å². The van der Waals surface area contributed by atoms with Crippen LogP contribution >= 0.6 is 0 Å². The van der Waals surface area contributed by atoms with Crippen molar-refractivity contribution in [3.63, 3.8) is 0 Å². The van der Waals surface area contributed by atoms with Crippen molar-refractivity contribution >= 4 is 22.5 Å². The zero-order valence-corrected chi connectivity index (χ0v) is 11.5. The molecular formula is C15H12N6O. The van der Waals surface area contributed by atoms with Gasteiger partial charge in [-0.15, -0.1) is 10.2 Å². The summed E-state index contributed by atoms with van der Waals surface area (Å²) in [5.74, 6) is 1.16. The second-order valence-corrected chi connectivity index (χ2v) is 4.83. The Morgan fingerprint density at radius 2 is 1.95 bits per heavy atom. The van der Waals surface area contributed by atoms with Crippen molar-refractivity contribution < 1.29 is 0 Å². The van der Waals surface area contributed by atoms with Crippen molar-refractivity contribution in [3.05, 3.63) is 64.8 Å². The summed E-state index contributed by atoms with van der Waals surface area (Å²) in [7, 11) is 0. The molecule has 4 aromatic rings. The fourth-order valence-corrected chi connectivity index (χ4v) is 2.34. The Balaban J connectivity index is 1.65. The molecule has 3 heterocycles. The highest BCUT2D eigenvalue weighted by atomic mass is 16.1. The van der Waals surface area contributed by atoms with Crippen molar-refractivity contribution in [2.24, 2.45) is 0 Å². The van der Waals surface area contributed by atoms with Crippen LogP contribution in [0.15, 0.2) is 53.5 Å². The third kappa shape index (κ3) is 2.08. The second-order valence-electron chi connectivity index (χ2n) is 4.83. The van der Waals surface area contributed by atoms with E-state index in [1.165, 1.54) is 0 Å². The van der Waals surface area contributed by atoms with Crippen LogP contribution in [0.1, 0.15) is 5.82 Å². The average Bonchev–Trinajstić information content (AvgIpc) is 2.96. The number of pyridine rings is 1. The van der Waals surface area contributed by atoms with E-state index in [-0.39, 0.29) is 5.56 Å². The van der Waals surface area contributed by atoms with E-state index < -0.39 is 0 Å². The summed E-state index contributed by atoms with van der Waals surface area (Å²) in [6.07, 6.45) is 1.89. The Labute approximate surface area is 124 Å². The molecule has 0 fully saturated rings. The van der Waals surface area contributed by atoms with Gasteiger partial charge in [0.1, 0.15) is 0 Å². The largest absolute Gasteiger partial charge is 0.348 e. The van der Waals surface area contributed by atoms with Crippen LogP contribution in [0.2, 0.25) is 0 Å². The molecule has 0 atom stereocenters. The highest BCUT2D eigenvalue weighted by Crippen LogP contribution is 2.09. The predicted molar refractivity (Wildman–Crippen MR) is 82.7 cm³/mol. The lowest BCUT2D eigenvalue weighted by Gasteiger charge is -2.05. The van der Waals surface area contributed by atoms with Gasteiger partial charge in [0.15, 0.2) is 11.5 Å². The van der Waals surface area contributed by atoms with E-state index in [2.05, 4.69) is 25.5 Å². The summed E-state index contributed by atoms with van der Waals surface area (Å²) < 4.78 is 1.88. The highest BCUT2D eigenvalue weighted by molar-refractivity contribution is 5.78. The van der Waals surface area contributed by atoms with Gasteiger partial charge in [-0.05, 0) is 24.3 Å². The third-order valence-electron chi connectivity index (χ3n) is 3.41. The third-order valence-corrected chi connectivity index (χ3v) is 3.41. The highest BCUT2D eigenvalue weighted by Gasteiger charge is 2.06. The summed E-state index contributed by atoms with van der Waals surface area (Å²) in [6, 6.07) is 12.9. The van der Waals surface area contributed by atoms with Crippen LogP contribution < -0.4 is 10.9 Å². The van der Waals surface area contributed by atoms with Crippen LogP contribution in [-0.4, -0.2) is 24.6 Å². The number of H-pyrrole nitrogens is 1. The molecule has 3 aromatic heterocycles. The molecule has 0 radical (unpaired) electrons. The number of anilines is 1. The van der Waals surface area contributed by atoms with E-state index in [4.69, 9.17) is 0 Å². The van der Waals surface area contributed by atoms with Crippen LogP contribution in [0, 0.1) is 0 Å². The number of hydrogen-bond donors (Lipinski definition) is 2. The normalized spacial score (nSPS) is 11.1. The van der Waals surface area contributed by atoms with E-state index >= 15 is 0 Å². The number of nitrogens with one attached hydrogen (secondary N) is 2. The summed E-state index contributed by atoms with van der Waals surface area (Å²) in [4.78, 5) is 19.1. The van der Waals surface area contributed by atoms with E-state index in [1.807, 2.05) is 47.0 Å². The van der Waals surface area contributed by atoms with E-state index in [1.54, 1.807) is 6.07 Å². The summed E-state index contributed by atoms with van der Waals surface area (Å²) in [5.41, 5.74) is 1.26. The first-order chi connectivity index (χ1) is 10.8. The first kappa shape index (κ1) is 12.5. The van der Waals surface area contributed by atoms with Gasteiger partial charge in [-0.1, -0.05) is 18.2 Å². The number of fused-ring (bicyclic) bond motifs is 2. The van der Waals surface area contributed by atoms with Crippen molar-refractivity contribution in [1.29, 1.82) is 0 Å². The van der Waals surface area contributed by atoms with Gasteiger partial charge in [0.25, 0.3) is 5.56 Å². The number of benzene rings is 1. The Kier molecular flexibility index (Phi) is 2.82. The van der Waals surface area contributed by atoms with Crippen LogP contribution in [0.4, 0.5) is 5.95 Å². The molecule has 0 saturated heterocycles. The molecule has 7 heteroatoms. The van der Waals surface area contributed by atoms with Gasteiger partial charge in [-0.25, -0.2) is 4.98 Å². The fourth-order valence-electron chi connectivity index (χ4n) is 2.34. The maximum atomic E-state index is 12.0. The quantitative estimate of drug-likeness (QED) is 0.598. The molecule has 0 amide bonds. The SMILES string of the molecule is O=c1[nH]c(NCc2nnc3ccccn23)nc2ccccc12. The maximum Gasteiger partial charge on any atom is 0.260 e. The van der Waals surface area contributed by atoms with Crippen molar-refractivity contribution in [2.75, 3.05) is 5.32 Å². The smallest absolute Gasteiger partial charge is 0.260 e. The molecular weight excluding hydrogens is 280 g/mol. The Bertz CT molecular complexity index is 1020. The molecule has 0 saturated carbocycles. The molecule has 0 aliphatic rings. The number of hydrogen-bond acceptors (Lipinski definition) is 5. The number of nitrogens with zero attached hydrogens (tertiary/aromatic N) is 4. The first-order valence-electron chi connectivity index (χ1n) is 6.83. The lowest BCUT2D eigenvalue weighted by Crippen LogP contribution is -2.14. The van der Waals surface area contributed by atoms with Gasteiger partial charge in [0.05, 0.1) is 17.4 Å². The first-order valence-corrected chi connectivity index (χ1v) is 6.83. The minimum absolute atomic E-state index is 0.167. The number of aromatic nitrogens is 5. The Morgan fingerprint density at radius 3 is 2.91 bits per heavy atom. The number of para-hydroxylation sites is 1. The number of aromatic amines is 1. The zero-order valence-electron chi connectivity index (χ0n) is 11.5. The molecule has 0 spiro atoms. The van der Waals surface area contributed by atoms with Gasteiger partial charge in [0.2, 0.25) is 5.95 Å². The van der Waals surface area contributed by atoms with Gasteiger partial charge < -0.3 is 5.32 Å². The summed E-state index contributed by atoms with van der Waals surface area (Å²) in [6.45, 7) is 0.409. The van der Waals surface area contributed by atoms with Crippen molar-refractivity contribution in [2.45, 2.75) is 6.54 Å². The van der Waals surface area contributed by atoms with Gasteiger partial charge >= 0.3 is 0 Å². The van der Waals surface area contributed by atoms with Crippen LogP contribution in [-0.2, 0) is 6.54 Å². The lowest BCUT2D eigenvalue weighted by molar-refractivity contribution is 0.903. The van der Waals surface area contributed by atoms with Crippen LogP contribution in [0.25, 0.3) is 16.6 Å². The summed E-state index contributed by atoms with van der Waals surface area (Å²) >= 11 is 0. The molecule has 0 unspecified atom stereocenters. The topological polar surface area (TPSA) is 88.0 Å². The maximum absolute atomic E-state index is 12.0. The standard InChI is InChI=1S/C15H12N6O/c22-14-10-5-1-2-6-11(10)17-15(18-14)16-9-13-20-19-12-7-3-4-8-21(12)13/h1-8H,9H2,(H2,16,17,18,22). The molecule has 7 nitrogen and oxygen atoms in total. The van der Waals surface area contributed by atoms with E-state index in [0.29, 0.717) is 23.4 Å². The molecule has 0 bridgehead atoms.